The van der Waals surface area contributed by atoms with Crippen LogP contribution in [0.25, 0.3) is 0 Å². The Morgan fingerprint density at radius 1 is 1.15 bits per heavy atom. The van der Waals surface area contributed by atoms with Crippen molar-refractivity contribution >= 4 is 5.69 Å². The zero-order valence-corrected chi connectivity index (χ0v) is 10.9. The maximum Gasteiger partial charge on any atom is 0.203 e. The molecular formula is C16H15FN2O. The molecule has 4 heteroatoms. The Balaban J connectivity index is 1.93. The molecule has 1 atom stereocenters. The van der Waals surface area contributed by atoms with E-state index < -0.39 is 5.72 Å². The second-order valence-electron chi connectivity index (χ2n) is 4.86. The number of hydrogen-bond donors (Lipinski definition) is 2. The average Bonchev–Trinajstić information content (AvgIpc) is 2.43. The normalized spacial score (nSPS) is 20.8. The molecule has 20 heavy (non-hydrogen) atoms. The summed E-state index contributed by atoms with van der Waals surface area (Å²) in [5.74, 6) is 0.339. The first-order chi connectivity index (χ1) is 9.58. The summed E-state index contributed by atoms with van der Waals surface area (Å²) in [6, 6.07) is 14.0. The summed E-state index contributed by atoms with van der Waals surface area (Å²) >= 11 is 0. The standard InChI is InChI=1S/C16H15FN2O/c1-11-16(18,10-12-6-2-3-7-13(12)17)20-15-9-5-4-8-14(15)19-11/h2-9,19H,1,10,18H2. The molecule has 1 heterocycles. The molecule has 2 aromatic carbocycles. The maximum atomic E-state index is 13.8. The molecule has 0 aliphatic carbocycles. The van der Waals surface area contributed by atoms with Gasteiger partial charge in [0.15, 0.2) is 0 Å². The molecule has 2 aromatic rings. The van der Waals surface area contributed by atoms with Crippen LogP contribution in [0.3, 0.4) is 0 Å². The molecule has 1 aliphatic rings. The van der Waals surface area contributed by atoms with E-state index in [4.69, 9.17) is 10.5 Å². The zero-order chi connectivity index (χ0) is 14.2. The van der Waals surface area contributed by atoms with Gasteiger partial charge in [-0.15, -0.1) is 0 Å². The van der Waals surface area contributed by atoms with E-state index in [1.165, 1.54) is 6.07 Å². The lowest BCUT2D eigenvalue weighted by Gasteiger charge is -2.37. The third-order valence-electron chi connectivity index (χ3n) is 3.39. The fraction of sp³-hybridized carbons (Fsp3) is 0.125. The lowest BCUT2D eigenvalue weighted by atomic mass is 9.98. The van der Waals surface area contributed by atoms with E-state index in [1.807, 2.05) is 24.3 Å². The topological polar surface area (TPSA) is 47.3 Å². The molecule has 0 saturated carbocycles. The number of anilines is 1. The number of ether oxygens (including phenoxy) is 1. The fourth-order valence-corrected chi connectivity index (χ4v) is 2.25. The number of benzene rings is 2. The van der Waals surface area contributed by atoms with Gasteiger partial charge < -0.3 is 10.1 Å². The van der Waals surface area contributed by atoms with Crippen molar-refractivity contribution in [2.75, 3.05) is 5.32 Å². The molecule has 0 aromatic heterocycles. The van der Waals surface area contributed by atoms with Gasteiger partial charge in [-0.05, 0) is 23.8 Å². The Kier molecular flexibility index (Phi) is 2.95. The first-order valence-corrected chi connectivity index (χ1v) is 6.35. The summed E-state index contributed by atoms with van der Waals surface area (Å²) in [6.45, 7) is 3.91. The van der Waals surface area contributed by atoms with Crippen molar-refractivity contribution in [1.29, 1.82) is 0 Å². The molecule has 0 spiro atoms. The van der Waals surface area contributed by atoms with Crippen LogP contribution in [0.1, 0.15) is 5.56 Å². The molecule has 0 saturated heterocycles. The van der Waals surface area contributed by atoms with Gasteiger partial charge in [0.25, 0.3) is 0 Å². The molecule has 0 radical (unpaired) electrons. The SMILES string of the molecule is C=C1Nc2ccccc2OC1(N)Cc1ccccc1F. The van der Waals surface area contributed by atoms with Crippen LogP contribution < -0.4 is 15.8 Å². The molecule has 1 unspecified atom stereocenters. The number of para-hydroxylation sites is 2. The average molecular weight is 270 g/mol. The summed E-state index contributed by atoms with van der Waals surface area (Å²) in [7, 11) is 0. The first kappa shape index (κ1) is 12.7. The van der Waals surface area contributed by atoms with Gasteiger partial charge in [-0.25, -0.2) is 4.39 Å². The van der Waals surface area contributed by atoms with Crippen molar-refractivity contribution in [3.05, 3.63) is 72.2 Å². The predicted molar refractivity (Wildman–Crippen MR) is 76.9 cm³/mol. The smallest absolute Gasteiger partial charge is 0.203 e. The minimum absolute atomic E-state index is 0.208. The number of nitrogens with one attached hydrogen (secondary N) is 1. The number of nitrogens with two attached hydrogens (primary N) is 1. The zero-order valence-electron chi connectivity index (χ0n) is 10.9. The number of fused-ring (bicyclic) bond motifs is 1. The summed E-state index contributed by atoms with van der Waals surface area (Å²) in [5, 5.41) is 3.12. The van der Waals surface area contributed by atoms with Crippen molar-refractivity contribution in [3.63, 3.8) is 0 Å². The molecule has 0 amide bonds. The Morgan fingerprint density at radius 3 is 2.65 bits per heavy atom. The maximum absolute atomic E-state index is 13.8. The van der Waals surface area contributed by atoms with E-state index in [0.717, 1.165) is 5.69 Å². The lowest BCUT2D eigenvalue weighted by Crippen LogP contribution is -2.53. The van der Waals surface area contributed by atoms with Crippen molar-refractivity contribution in [3.8, 4) is 5.75 Å². The van der Waals surface area contributed by atoms with Crippen LogP contribution in [-0.4, -0.2) is 5.72 Å². The van der Waals surface area contributed by atoms with Gasteiger partial charge in [-0.3, -0.25) is 5.73 Å². The van der Waals surface area contributed by atoms with Crippen LogP contribution in [0, 0.1) is 5.82 Å². The minimum Gasteiger partial charge on any atom is -0.465 e. The molecule has 1 aliphatic heterocycles. The second-order valence-corrected chi connectivity index (χ2v) is 4.86. The van der Waals surface area contributed by atoms with Gasteiger partial charge in [-0.1, -0.05) is 36.9 Å². The van der Waals surface area contributed by atoms with E-state index in [1.54, 1.807) is 18.2 Å². The Hall–Kier alpha value is -2.33. The van der Waals surface area contributed by atoms with Gasteiger partial charge in [0, 0.05) is 6.42 Å². The molecule has 0 bridgehead atoms. The lowest BCUT2D eigenvalue weighted by molar-refractivity contribution is 0.110. The third-order valence-corrected chi connectivity index (χ3v) is 3.39. The van der Waals surface area contributed by atoms with E-state index >= 15 is 0 Å². The largest absolute Gasteiger partial charge is 0.465 e. The van der Waals surface area contributed by atoms with Crippen LogP contribution in [0.2, 0.25) is 0 Å². The van der Waals surface area contributed by atoms with Gasteiger partial charge in [0.05, 0.1) is 11.4 Å². The Bertz CT molecular complexity index is 671. The number of hydrogen-bond acceptors (Lipinski definition) is 3. The molecule has 3 N–H and O–H groups in total. The van der Waals surface area contributed by atoms with Gasteiger partial charge >= 0.3 is 0 Å². The van der Waals surface area contributed by atoms with Crippen molar-refractivity contribution in [2.24, 2.45) is 5.73 Å². The fourth-order valence-electron chi connectivity index (χ4n) is 2.25. The summed E-state index contributed by atoms with van der Waals surface area (Å²) < 4.78 is 19.6. The Labute approximate surface area is 116 Å². The van der Waals surface area contributed by atoms with Gasteiger partial charge in [0.1, 0.15) is 11.6 Å². The quantitative estimate of drug-likeness (QED) is 0.881. The highest BCUT2D eigenvalue weighted by molar-refractivity contribution is 5.63. The molecule has 3 rings (SSSR count). The molecule has 0 fully saturated rings. The molecule has 3 nitrogen and oxygen atoms in total. The first-order valence-electron chi connectivity index (χ1n) is 6.35. The monoisotopic (exact) mass is 270 g/mol. The third kappa shape index (κ3) is 2.14. The number of halogens is 1. The van der Waals surface area contributed by atoms with Crippen LogP contribution >= 0.6 is 0 Å². The molecule has 102 valence electrons. The number of rotatable bonds is 2. The van der Waals surface area contributed by atoms with Crippen LogP contribution in [0.15, 0.2) is 60.8 Å². The molecular weight excluding hydrogens is 255 g/mol. The van der Waals surface area contributed by atoms with Crippen LogP contribution in [-0.2, 0) is 6.42 Å². The van der Waals surface area contributed by atoms with Crippen LogP contribution in [0.4, 0.5) is 10.1 Å². The van der Waals surface area contributed by atoms with E-state index in [-0.39, 0.29) is 12.2 Å². The second kappa shape index (κ2) is 4.65. The highest BCUT2D eigenvalue weighted by Gasteiger charge is 2.36. The van der Waals surface area contributed by atoms with E-state index in [2.05, 4.69) is 11.9 Å². The van der Waals surface area contributed by atoms with Gasteiger partial charge in [-0.2, -0.15) is 0 Å². The van der Waals surface area contributed by atoms with Gasteiger partial charge in [0.2, 0.25) is 5.72 Å². The summed E-state index contributed by atoms with van der Waals surface area (Å²) in [4.78, 5) is 0. The van der Waals surface area contributed by atoms with E-state index in [0.29, 0.717) is 17.0 Å². The highest BCUT2D eigenvalue weighted by atomic mass is 19.1. The summed E-state index contributed by atoms with van der Waals surface area (Å²) in [5.41, 5.74) is 6.92. The van der Waals surface area contributed by atoms with Crippen molar-refractivity contribution in [2.45, 2.75) is 12.1 Å². The summed E-state index contributed by atoms with van der Waals surface area (Å²) in [6.07, 6.45) is 0.208. The van der Waals surface area contributed by atoms with Crippen molar-refractivity contribution < 1.29 is 9.13 Å². The highest BCUT2D eigenvalue weighted by Crippen LogP contribution is 2.36. The Morgan fingerprint density at radius 2 is 1.85 bits per heavy atom. The predicted octanol–water partition coefficient (Wildman–Crippen LogP) is 3.04. The van der Waals surface area contributed by atoms with Crippen LogP contribution in [0.5, 0.6) is 5.75 Å². The van der Waals surface area contributed by atoms with E-state index in [9.17, 15) is 4.39 Å². The van der Waals surface area contributed by atoms with Crippen molar-refractivity contribution in [1.82, 2.24) is 0 Å². The minimum atomic E-state index is -1.17.